The molecule has 1 unspecified atom stereocenters. The van der Waals surface area contributed by atoms with Gasteiger partial charge in [-0.05, 0) is 36.2 Å². The van der Waals surface area contributed by atoms with E-state index in [4.69, 9.17) is 11.6 Å². The summed E-state index contributed by atoms with van der Waals surface area (Å²) in [6, 6.07) is 19.4. The zero-order valence-electron chi connectivity index (χ0n) is 11.8. The normalized spacial score (nSPS) is 18.3. The second-order valence-electron chi connectivity index (χ2n) is 5.41. The van der Waals surface area contributed by atoms with Gasteiger partial charge < -0.3 is 4.90 Å². The minimum atomic E-state index is 0.644. The van der Waals surface area contributed by atoms with Gasteiger partial charge in [0.25, 0.3) is 0 Å². The lowest BCUT2D eigenvalue weighted by molar-refractivity contribution is 0.249. The van der Waals surface area contributed by atoms with Crippen molar-refractivity contribution in [2.45, 2.75) is 19.0 Å². The van der Waals surface area contributed by atoms with E-state index in [9.17, 15) is 0 Å². The van der Waals surface area contributed by atoms with E-state index >= 15 is 0 Å². The van der Waals surface area contributed by atoms with Gasteiger partial charge in [-0.25, -0.2) is 3.11 Å². The molecule has 21 heavy (non-hydrogen) atoms. The summed E-state index contributed by atoms with van der Waals surface area (Å²) in [5.74, 6) is 0. The van der Waals surface area contributed by atoms with Crippen LogP contribution in [0.1, 0.15) is 12.0 Å². The summed E-state index contributed by atoms with van der Waals surface area (Å²) in [5, 5.41) is 0.789. The van der Waals surface area contributed by atoms with E-state index in [0.29, 0.717) is 6.04 Å². The van der Waals surface area contributed by atoms with Crippen molar-refractivity contribution >= 4 is 40.2 Å². The van der Waals surface area contributed by atoms with Gasteiger partial charge in [0.15, 0.2) is 0 Å². The van der Waals surface area contributed by atoms with Gasteiger partial charge in [-0.1, -0.05) is 41.9 Å². The molecule has 0 saturated carbocycles. The summed E-state index contributed by atoms with van der Waals surface area (Å²) in [6.45, 7) is 3.19. The smallest absolute Gasteiger partial charge is 0.0430 e. The molecule has 2 aromatic rings. The predicted octanol–water partition coefficient (Wildman–Crippen LogP) is 4.77. The fourth-order valence-corrected chi connectivity index (χ4v) is 3.42. The Morgan fingerprint density at radius 1 is 1.10 bits per heavy atom. The van der Waals surface area contributed by atoms with E-state index in [1.54, 1.807) is 0 Å². The first-order valence-corrected chi connectivity index (χ1v) is 8.53. The first-order chi connectivity index (χ1) is 10.2. The fourth-order valence-electron chi connectivity index (χ4n) is 2.56. The lowest BCUT2D eigenvalue weighted by atomic mass is 10.1. The maximum absolute atomic E-state index is 6.02. The van der Waals surface area contributed by atoms with E-state index in [2.05, 4.69) is 73.3 Å². The van der Waals surface area contributed by atoms with Crippen LogP contribution in [0.3, 0.4) is 0 Å². The Morgan fingerprint density at radius 2 is 1.81 bits per heavy atom. The third-order valence-electron chi connectivity index (χ3n) is 3.91. The van der Waals surface area contributed by atoms with Crippen molar-refractivity contribution in [1.82, 2.24) is 3.11 Å². The molecule has 0 radical (unpaired) electrons. The Balaban J connectivity index is 1.78. The maximum atomic E-state index is 6.02. The molecule has 1 aliphatic rings. The zero-order valence-corrected chi connectivity index (χ0v) is 14.7. The molecule has 1 saturated heterocycles. The van der Waals surface area contributed by atoms with Crippen molar-refractivity contribution < 1.29 is 0 Å². The lowest BCUT2D eigenvalue weighted by Gasteiger charge is -2.40. The summed E-state index contributed by atoms with van der Waals surface area (Å²) in [6.07, 6.45) is 1.28. The Bertz CT molecular complexity index is 573. The van der Waals surface area contributed by atoms with Gasteiger partial charge in [-0.3, -0.25) is 0 Å². The van der Waals surface area contributed by atoms with Gasteiger partial charge in [0.05, 0.1) is 0 Å². The number of rotatable bonds is 5. The van der Waals surface area contributed by atoms with E-state index in [-0.39, 0.29) is 0 Å². The molecule has 0 spiro atoms. The highest BCUT2D eigenvalue weighted by atomic mass is 127. The number of hydrogen-bond donors (Lipinski definition) is 0. The predicted molar refractivity (Wildman–Crippen MR) is 98.1 cm³/mol. The highest BCUT2D eigenvalue weighted by Crippen LogP contribution is 2.27. The van der Waals surface area contributed by atoms with E-state index in [1.165, 1.54) is 24.2 Å². The minimum absolute atomic E-state index is 0.644. The second kappa shape index (κ2) is 6.99. The molecule has 4 heteroatoms. The first kappa shape index (κ1) is 15.1. The highest BCUT2D eigenvalue weighted by Gasteiger charge is 2.27. The standard InChI is InChI=1S/C17H18ClIN2/c18-15-6-8-16(9-7-15)20(13-17-10-11-21(17)19)12-14-4-2-1-3-5-14/h1-9,17H,10-13H2. The second-order valence-corrected chi connectivity index (χ2v) is 7.08. The monoisotopic (exact) mass is 412 g/mol. The summed E-state index contributed by atoms with van der Waals surface area (Å²) in [4.78, 5) is 2.45. The van der Waals surface area contributed by atoms with E-state index in [1.807, 2.05) is 12.1 Å². The van der Waals surface area contributed by atoms with Crippen molar-refractivity contribution in [3.8, 4) is 0 Å². The number of anilines is 1. The summed E-state index contributed by atoms with van der Waals surface area (Å²) in [5.41, 5.74) is 2.58. The molecule has 0 bridgehead atoms. The summed E-state index contributed by atoms with van der Waals surface area (Å²) >= 11 is 8.45. The van der Waals surface area contributed by atoms with Crippen LogP contribution in [0, 0.1) is 0 Å². The Kier molecular flexibility index (Phi) is 5.03. The van der Waals surface area contributed by atoms with Gasteiger partial charge in [0, 0.05) is 59.3 Å². The molecule has 0 aromatic heterocycles. The fraction of sp³-hybridized carbons (Fsp3) is 0.294. The molecular formula is C17H18ClIN2. The average molecular weight is 413 g/mol. The number of nitrogens with zero attached hydrogens (tertiary/aromatic N) is 2. The molecule has 0 aliphatic carbocycles. The Morgan fingerprint density at radius 3 is 2.38 bits per heavy atom. The molecule has 2 aromatic carbocycles. The van der Waals surface area contributed by atoms with Crippen LogP contribution in [0.15, 0.2) is 54.6 Å². The van der Waals surface area contributed by atoms with Crippen LogP contribution in [0.4, 0.5) is 5.69 Å². The third kappa shape index (κ3) is 3.90. The van der Waals surface area contributed by atoms with Crippen LogP contribution in [0.25, 0.3) is 0 Å². The molecule has 1 atom stereocenters. The molecular weight excluding hydrogens is 395 g/mol. The van der Waals surface area contributed by atoms with Crippen molar-refractivity contribution in [3.05, 3.63) is 65.2 Å². The third-order valence-corrected chi connectivity index (χ3v) is 5.43. The minimum Gasteiger partial charge on any atom is -0.366 e. The number of benzene rings is 2. The molecule has 1 aliphatic heterocycles. The maximum Gasteiger partial charge on any atom is 0.0430 e. The Hall–Kier alpha value is -0.780. The van der Waals surface area contributed by atoms with Crippen LogP contribution in [0.2, 0.25) is 5.02 Å². The van der Waals surface area contributed by atoms with Crippen molar-refractivity contribution in [2.75, 3.05) is 18.0 Å². The molecule has 1 fully saturated rings. The Labute approximate surface area is 145 Å². The molecule has 0 N–H and O–H groups in total. The van der Waals surface area contributed by atoms with Crippen molar-refractivity contribution in [1.29, 1.82) is 0 Å². The molecule has 0 amide bonds. The van der Waals surface area contributed by atoms with Crippen molar-refractivity contribution in [3.63, 3.8) is 0 Å². The first-order valence-electron chi connectivity index (χ1n) is 7.19. The highest BCUT2D eigenvalue weighted by molar-refractivity contribution is 14.1. The number of hydrogen-bond acceptors (Lipinski definition) is 2. The zero-order chi connectivity index (χ0) is 14.7. The molecule has 2 nitrogen and oxygen atoms in total. The quantitative estimate of drug-likeness (QED) is 0.515. The van der Waals surface area contributed by atoms with Gasteiger partial charge in [0.2, 0.25) is 0 Å². The molecule has 1 heterocycles. The van der Waals surface area contributed by atoms with Gasteiger partial charge in [0.1, 0.15) is 0 Å². The molecule has 3 rings (SSSR count). The lowest BCUT2D eigenvalue weighted by Crippen LogP contribution is -2.48. The van der Waals surface area contributed by atoms with Gasteiger partial charge in [-0.2, -0.15) is 0 Å². The van der Waals surface area contributed by atoms with Crippen LogP contribution in [0.5, 0.6) is 0 Å². The SMILES string of the molecule is Clc1ccc(N(Cc2ccccc2)CC2CCN2I)cc1. The van der Waals surface area contributed by atoms with Crippen molar-refractivity contribution in [2.24, 2.45) is 0 Å². The van der Waals surface area contributed by atoms with Crippen LogP contribution in [-0.4, -0.2) is 22.2 Å². The van der Waals surface area contributed by atoms with Gasteiger partial charge in [-0.15, -0.1) is 0 Å². The van der Waals surface area contributed by atoms with Crippen LogP contribution in [-0.2, 0) is 6.54 Å². The van der Waals surface area contributed by atoms with E-state index < -0.39 is 0 Å². The largest absolute Gasteiger partial charge is 0.366 e. The topological polar surface area (TPSA) is 6.48 Å². The van der Waals surface area contributed by atoms with Gasteiger partial charge >= 0.3 is 0 Å². The number of halogens is 2. The molecule has 110 valence electrons. The van der Waals surface area contributed by atoms with Crippen LogP contribution < -0.4 is 4.90 Å². The average Bonchev–Trinajstić information content (AvgIpc) is 2.51. The van der Waals surface area contributed by atoms with E-state index in [0.717, 1.165) is 18.1 Å². The van der Waals surface area contributed by atoms with Crippen LogP contribution >= 0.6 is 34.5 Å². The summed E-state index contributed by atoms with van der Waals surface area (Å²) < 4.78 is 2.39. The summed E-state index contributed by atoms with van der Waals surface area (Å²) in [7, 11) is 0.